The van der Waals surface area contributed by atoms with Crippen LogP contribution in [-0.2, 0) is 6.18 Å². The predicted octanol–water partition coefficient (Wildman–Crippen LogP) is 3.75. The second-order valence-corrected chi connectivity index (χ2v) is 4.27. The van der Waals surface area contributed by atoms with E-state index >= 15 is 0 Å². The number of alkyl halides is 3. The lowest BCUT2D eigenvalue weighted by Gasteiger charge is -2.11. The van der Waals surface area contributed by atoms with E-state index in [4.69, 9.17) is 0 Å². The number of phenolic OH excluding ortho intramolecular Hbond substituents is 1. The molecule has 1 N–H and O–H groups in total. The Bertz CT molecular complexity index is 760. The van der Waals surface area contributed by atoms with Gasteiger partial charge in [0.15, 0.2) is 0 Å². The number of nitrogens with zero attached hydrogens (tertiary/aromatic N) is 2. The largest absolute Gasteiger partial charge is 0.508 e. The topological polar surface area (TPSA) is 38.0 Å². The van der Waals surface area contributed by atoms with Crippen LogP contribution in [0.25, 0.3) is 16.7 Å². The van der Waals surface area contributed by atoms with Crippen molar-refractivity contribution in [2.45, 2.75) is 6.18 Å². The molecule has 20 heavy (non-hydrogen) atoms. The van der Waals surface area contributed by atoms with Gasteiger partial charge in [0.05, 0.1) is 11.0 Å². The van der Waals surface area contributed by atoms with Crippen LogP contribution in [0, 0.1) is 0 Å². The summed E-state index contributed by atoms with van der Waals surface area (Å²) in [5, 5.41) is 9.25. The fourth-order valence-electron chi connectivity index (χ4n) is 2.08. The molecule has 0 spiro atoms. The van der Waals surface area contributed by atoms with Gasteiger partial charge in [-0.15, -0.1) is 0 Å². The molecule has 0 unspecified atom stereocenters. The van der Waals surface area contributed by atoms with Crippen molar-refractivity contribution >= 4 is 11.0 Å². The van der Waals surface area contributed by atoms with Gasteiger partial charge in [0.1, 0.15) is 5.75 Å². The highest BCUT2D eigenvalue weighted by Crippen LogP contribution is 2.33. The first-order valence-electron chi connectivity index (χ1n) is 5.81. The van der Waals surface area contributed by atoms with Crippen molar-refractivity contribution in [1.29, 1.82) is 0 Å². The van der Waals surface area contributed by atoms with E-state index in [1.807, 2.05) is 0 Å². The Morgan fingerprint density at radius 2 is 1.60 bits per heavy atom. The molecule has 0 atom stereocenters. The van der Waals surface area contributed by atoms with Crippen LogP contribution in [0.1, 0.15) is 5.82 Å². The number of hydrogen-bond donors (Lipinski definition) is 1. The quantitative estimate of drug-likeness (QED) is 0.736. The number of fused-ring (bicyclic) bond motifs is 1. The average molecular weight is 278 g/mol. The number of halogens is 3. The predicted molar refractivity (Wildman–Crippen MR) is 67.7 cm³/mol. The molecular formula is C14H9F3N2O. The Morgan fingerprint density at radius 1 is 0.950 bits per heavy atom. The zero-order chi connectivity index (χ0) is 14.3. The molecule has 0 bridgehead atoms. The summed E-state index contributed by atoms with van der Waals surface area (Å²) in [5.74, 6) is -0.990. The molecule has 0 saturated heterocycles. The molecule has 0 saturated carbocycles. The summed E-state index contributed by atoms with van der Waals surface area (Å²) in [7, 11) is 0. The summed E-state index contributed by atoms with van der Waals surface area (Å²) in [4.78, 5) is 3.66. The lowest BCUT2D eigenvalue weighted by molar-refractivity contribution is -0.145. The van der Waals surface area contributed by atoms with Gasteiger partial charge in [-0.05, 0) is 36.4 Å². The lowest BCUT2D eigenvalue weighted by Crippen LogP contribution is -2.13. The Hall–Kier alpha value is -2.50. The van der Waals surface area contributed by atoms with Gasteiger partial charge in [0.25, 0.3) is 0 Å². The number of para-hydroxylation sites is 2. The number of aromatic nitrogens is 2. The maximum Gasteiger partial charge on any atom is 0.450 e. The van der Waals surface area contributed by atoms with Gasteiger partial charge >= 0.3 is 6.18 Å². The van der Waals surface area contributed by atoms with Crippen molar-refractivity contribution in [2.75, 3.05) is 0 Å². The van der Waals surface area contributed by atoms with Gasteiger partial charge in [-0.1, -0.05) is 12.1 Å². The molecule has 0 aliphatic rings. The normalized spacial score (nSPS) is 11.9. The maximum absolute atomic E-state index is 13.1. The van der Waals surface area contributed by atoms with Gasteiger partial charge in [0, 0.05) is 5.69 Å². The molecule has 0 radical (unpaired) electrons. The molecule has 0 aliphatic heterocycles. The number of hydrogen-bond acceptors (Lipinski definition) is 2. The Morgan fingerprint density at radius 3 is 2.25 bits per heavy atom. The van der Waals surface area contributed by atoms with E-state index in [0.717, 1.165) is 4.57 Å². The van der Waals surface area contributed by atoms with E-state index in [-0.39, 0.29) is 11.3 Å². The summed E-state index contributed by atoms with van der Waals surface area (Å²) in [6.45, 7) is 0. The summed E-state index contributed by atoms with van der Waals surface area (Å²) in [6.07, 6.45) is -4.56. The number of benzene rings is 2. The second-order valence-electron chi connectivity index (χ2n) is 4.27. The first-order valence-corrected chi connectivity index (χ1v) is 5.81. The molecule has 0 amide bonds. The monoisotopic (exact) mass is 278 g/mol. The van der Waals surface area contributed by atoms with E-state index in [1.54, 1.807) is 18.2 Å². The SMILES string of the molecule is Oc1ccc(-n2c(C(F)(F)F)nc3ccccc32)cc1. The number of rotatable bonds is 1. The lowest BCUT2D eigenvalue weighted by atomic mass is 10.2. The minimum absolute atomic E-state index is 0.00766. The summed E-state index contributed by atoms with van der Waals surface area (Å²) in [5.41, 5.74) is 0.933. The Kier molecular flexibility index (Phi) is 2.67. The van der Waals surface area contributed by atoms with Crippen LogP contribution < -0.4 is 0 Å². The molecule has 2 aromatic carbocycles. The van der Waals surface area contributed by atoms with Gasteiger partial charge in [-0.25, -0.2) is 4.98 Å². The van der Waals surface area contributed by atoms with E-state index in [1.165, 1.54) is 30.3 Å². The second kappa shape index (κ2) is 4.26. The van der Waals surface area contributed by atoms with Crippen molar-refractivity contribution in [3.8, 4) is 11.4 Å². The van der Waals surface area contributed by atoms with Crippen molar-refractivity contribution in [3.63, 3.8) is 0 Å². The number of phenols is 1. The van der Waals surface area contributed by atoms with Crippen molar-refractivity contribution in [2.24, 2.45) is 0 Å². The third kappa shape index (κ3) is 1.99. The Balaban J connectivity index is 2.34. The zero-order valence-corrected chi connectivity index (χ0v) is 10.1. The third-order valence-corrected chi connectivity index (χ3v) is 2.92. The smallest absolute Gasteiger partial charge is 0.450 e. The van der Waals surface area contributed by atoms with E-state index in [0.29, 0.717) is 11.2 Å². The minimum atomic E-state index is -4.56. The molecule has 3 aromatic rings. The molecular weight excluding hydrogens is 269 g/mol. The number of imidazole rings is 1. The van der Waals surface area contributed by atoms with Gasteiger partial charge in [0.2, 0.25) is 5.82 Å². The summed E-state index contributed by atoms with van der Waals surface area (Å²) < 4.78 is 40.4. The Labute approximate surface area is 111 Å². The average Bonchev–Trinajstić information content (AvgIpc) is 2.79. The molecule has 6 heteroatoms. The number of aromatic hydroxyl groups is 1. The highest BCUT2D eigenvalue weighted by atomic mass is 19.4. The van der Waals surface area contributed by atoms with E-state index in [9.17, 15) is 18.3 Å². The molecule has 3 rings (SSSR count). The maximum atomic E-state index is 13.1. The van der Waals surface area contributed by atoms with Crippen LogP contribution in [0.2, 0.25) is 0 Å². The highest BCUT2D eigenvalue weighted by Gasteiger charge is 2.38. The standard InChI is InChI=1S/C14H9F3N2O/c15-14(16,17)13-18-11-3-1-2-4-12(11)19(13)9-5-7-10(20)8-6-9/h1-8,20H. The van der Waals surface area contributed by atoms with Crippen LogP contribution in [0.5, 0.6) is 5.75 Å². The zero-order valence-electron chi connectivity index (χ0n) is 10.1. The van der Waals surface area contributed by atoms with Crippen LogP contribution >= 0.6 is 0 Å². The van der Waals surface area contributed by atoms with Crippen molar-refractivity contribution in [1.82, 2.24) is 9.55 Å². The first kappa shape index (κ1) is 12.5. The summed E-state index contributed by atoms with van der Waals surface area (Å²) >= 11 is 0. The van der Waals surface area contributed by atoms with Gasteiger partial charge < -0.3 is 5.11 Å². The molecule has 1 aromatic heterocycles. The van der Waals surface area contributed by atoms with Gasteiger partial charge in [-0.3, -0.25) is 4.57 Å². The van der Waals surface area contributed by atoms with Gasteiger partial charge in [-0.2, -0.15) is 13.2 Å². The molecule has 0 fully saturated rings. The summed E-state index contributed by atoms with van der Waals surface area (Å²) in [6, 6.07) is 11.9. The molecule has 3 nitrogen and oxygen atoms in total. The van der Waals surface area contributed by atoms with Crippen molar-refractivity contribution in [3.05, 3.63) is 54.4 Å². The fraction of sp³-hybridized carbons (Fsp3) is 0.0714. The van der Waals surface area contributed by atoms with E-state index in [2.05, 4.69) is 4.98 Å². The molecule has 1 heterocycles. The third-order valence-electron chi connectivity index (χ3n) is 2.92. The highest BCUT2D eigenvalue weighted by molar-refractivity contribution is 5.78. The minimum Gasteiger partial charge on any atom is -0.508 e. The van der Waals surface area contributed by atoms with Crippen LogP contribution in [0.15, 0.2) is 48.5 Å². The van der Waals surface area contributed by atoms with Crippen molar-refractivity contribution < 1.29 is 18.3 Å². The van der Waals surface area contributed by atoms with E-state index < -0.39 is 12.0 Å². The van der Waals surface area contributed by atoms with Crippen LogP contribution in [0.3, 0.4) is 0 Å². The first-order chi connectivity index (χ1) is 9.47. The molecule has 0 aliphatic carbocycles. The molecule has 102 valence electrons. The van der Waals surface area contributed by atoms with Crippen LogP contribution in [-0.4, -0.2) is 14.7 Å². The fourth-order valence-corrected chi connectivity index (χ4v) is 2.08. The van der Waals surface area contributed by atoms with Crippen LogP contribution in [0.4, 0.5) is 13.2 Å².